The molecule has 0 radical (unpaired) electrons. The van der Waals surface area contributed by atoms with E-state index in [0.29, 0.717) is 12.8 Å². The molecule has 0 aliphatic heterocycles. The van der Waals surface area contributed by atoms with E-state index in [1.165, 1.54) is 12.1 Å². The van der Waals surface area contributed by atoms with Crippen LogP contribution in [0.2, 0.25) is 0 Å². The van der Waals surface area contributed by atoms with E-state index < -0.39 is 22.7 Å². The second-order valence-corrected chi connectivity index (χ2v) is 5.12. The van der Waals surface area contributed by atoms with Crippen LogP contribution >= 0.6 is 0 Å². The molecule has 0 aromatic heterocycles. The van der Waals surface area contributed by atoms with E-state index in [1.807, 2.05) is 0 Å². The summed E-state index contributed by atoms with van der Waals surface area (Å²) in [5.74, 6) is -2.29. The van der Waals surface area contributed by atoms with Crippen molar-refractivity contribution in [2.75, 3.05) is 0 Å². The number of carboxylic acid groups (broad SMARTS) is 1. The Labute approximate surface area is 121 Å². The number of rotatable bonds is 5. The normalized spacial score (nSPS) is 21.0. The molecule has 112 valence electrons. The van der Waals surface area contributed by atoms with Crippen molar-refractivity contribution in [1.29, 1.82) is 0 Å². The number of nitro benzene ring substituents is 1. The van der Waals surface area contributed by atoms with Crippen LogP contribution in [0.5, 0.6) is 0 Å². The number of carboxylic acids is 1. The van der Waals surface area contributed by atoms with Crippen LogP contribution in [0.25, 0.3) is 0 Å². The zero-order valence-electron chi connectivity index (χ0n) is 11.3. The summed E-state index contributed by atoms with van der Waals surface area (Å²) in [7, 11) is 0. The molecule has 0 saturated heterocycles. The lowest BCUT2D eigenvalue weighted by Crippen LogP contribution is -2.34. The third-order valence-corrected chi connectivity index (χ3v) is 3.78. The Morgan fingerprint density at radius 2 is 1.86 bits per heavy atom. The SMILES string of the molecule is O=C(O)C1CCCC1C(=O)NCc1ccc([N+](=O)[O-])cc1. The minimum absolute atomic E-state index is 0.00758. The third kappa shape index (κ3) is 3.56. The lowest BCUT2D eigenvalue weighted by atomic mass is 9.95. The lowest BCUT2D eigenvalue weighted by Gasteiger charge is -2.15. The number of nitrogens with one attached hydrogen (secondary N) is 1. The first kappa shape index (κ1) is 15.0. The number of nitrogens with zero attached hydrogens (tertiary/aromatic N) is 1. The van der Waals surface area contributed by atoms with E-state index in [1.54, 1.807) is 12.1 Å². The van der Waals surface area contributed by atoms with Crippen LogP contribution in [0, 0.1) is 22.0 Å². The molecule has 7 nitrogen and oxygen atoms in total. The number of aliphatic carboxylic acids is 1. The van der Waals surface area contributed by atoms with Crippen molar-refractivity contribution < 1.29 is 19.6 Å². The van der Waals surface area contributed by atoms with E-state index in [-0.39, 0.29) is 18.1 Å². The lowest BCUT2D eigenvalue weighted by molar-refractivity contribution is -0.384. The topological polar surface area (TPSA) is 110 Å². The van der Waals surface area contributed by atoms with Gasteiger partial charge in [-0.3, -0.25) is 19.7 Å². The number of carbonyl (C=O) groups excluding carboxylic acids is 1. The van der Waals surface area contributed by atoms with E-state index >= 15 is 0 Å². The predicted molar refractivity (Wildman–Crippen MR) is 73.4 cm³/mol. The molecule has 21 heavy (non-hydrogen) atoms. The fraction of sp³-hybridized carbons (Fsp3) is 0.429. The molecular weight excluding hydrogens is 276 g/mol. The van der Waals surface area contributed by atoms with Crippen molar-refractivity contribution in [3.63, 3.8) is 0 Å². The van der Waals surface area contributed by atoms with Crippen LogP contribution in [-0.2, 0) is 16.1 Å². The number of hydrogen-bond donors (Lipinski definition) is 2. The van der Waals surface area contributed by atoms with Crippen LogP contribution < -0.4 is 5.32 Å². The van der Waals surface area contributed by atoms with Crippen molar-refractivity contribution in [3.8, 4) is 0 Å². The van der Waals surface area contributed by atoms with E-state index in [2.05, 4.69) is 5.32 Å². The van der Waals surface area contributed by atoms with Gasteiger partial charge < -0.3 is 10.4 Å². The van der Waals surface area contributed by atoms with E-state index in [4.69, 9.17) is 5.11 Å². The maximum Gasteiger partial charge on any atom is 0.307 e. The highest BCUT2D eigenvalue weighted by molar-refractivity contribution is 5.85. The highest BCUT2D eigenvalue weighted by Gasteiger charge is 2.37. The van der Waals surface area contributed by atoms with Crippen LogP contribution in [0.3, 0.4) is 0 Å². The molecule has 1 amide bonds. The molecule has 1 aliphatic carbocycles. The Kier molecular flexibility index (Phi) is 4.52. The summed E-state index contributed by atoms with van der Waals surface area (Å²) < 4.78 is 0. The summed E-state index contributed by atoms with van der Waals surface area (Å²) in [6.07, 6.45) is 1.86. The summed E-state index contributed by atoms with van der Waals surface area (Å²) in [6.45, 7) is 0.236. The van der Waals surface area contributed by atoms with Crippen LogP contribution in [0.1, 0.15) is 24.8 Å². The number of hydrogen-bond acceptors (Lipinski definition) is 4. The molecule has 1 saturated carbocycles. The monoisotopic (exact) mass is 292 g/mol. The van der Waals surface area contributed by atoms with Crippen molar-refractivity contribution >= 4 is 17.6 Å². The molecule has 2 N–H and O–H groups in total. The average molecular weight is 292 g/mol. The molecule has 2 atom stereocenters. The maximum absolute atomic E-state index is 12.0. The third-order valence-electron chi connectivity index (χ3n) is 3.78. The summed E-state index contributed by atoms with van der Waals surface area (Å²) in [5, 5.41) is 22.3. The first-order valence-corrected chi connectivity index (χ1v) is 6.73. The summed E-state index contributed by atoms with van der Waals surface area (Å²) in [4.78, 5) is 33.1. The van der Waals surface area contributed by atoms with Crippen molar-refractivity contribution in [1.82, 2.24) is 5.32 Å². The Morgan fingerprint density at radius 3 is 2.43 bits per heavy atom. The summed E-state index contributed by atoms with van der Waals surface area (Å²) >= 11 is 0. The number of nitro groups is 1. The molecular formula is C14H16N2O5. The van der Waals surface area contributed by atoms with Gasteiger partial charge in [-0.15, -0.1) is 0 Å². The van der Waals surface area contributed by atoms with Crippen molar-refractivity contribution in [2.45, 2.75) is 25.8 Å². The van der Waals surface area contributed by atoms with Gasteiger partial charge in [-0.2, -0.15) is 0 Å². The highest BCUT2D eigenvalue weighted by atomic mass is 16.6. The molecule has 1 fully saturated rings. The van der Waals surface area contributed by atoms with E-state index in [0.717, 1.165) is 12.0 Å². The van der Waals surface area contributed by atoms with Gasteiger partial charge in [0.15, 0.2) is 0 Å². The minimum atomic E-state index is -0.928. The Morgan fingerprint density at radius 1 is 1.24 bits per heavy atom. The molecule has 1 aromatic rings. The fourth-order valence-electron chi connectivity index (χ4n) is 2.63. The van der Waals surface area contributed by atoms with Crippen LogP contribution in [-0.4, -0.2) is 21.9 Å². The quantitative estimate of drug-likeness (QED) is 0.634. The molecule has 7 heteroatoms. The molecule has 1 aliphatic rings. The number of non-ortho nitro benzene ring substituents is 1. The first-order valence-electron chi connectivity index (χ1n) is 6.73. The second kappa shape index (κ2) is 6.34. The zero-order chi connectivity index (χ0) is 15.4. The van der Waals surface area contributed by atoms with Gasteiger partial charge in [0, 0.05) is 18.7 Å². The fourth-order valence-corrected chi connectivity index (χ4v) is 2.63. The van der Waals surface area contributed by atoms with Gasteiger partial charge in [-0.25, -0.2) is 0 Å². The summed E-state index contributed by atoms with van der Waals surface area (Å²) in [6, 6.07) is 5.89. The van der Waals surface area contributed by atoms with Gasteiger partial charge in [0.1, 0.15) is 0 Å². The van der Waals surface area contributed by atoms with Crippen molar-refractivity contribution in [2.24, 2.45) is 11.8 Å². The molecule has 2 rings (SSSR count). The van der Waals surface area contributed by atoms with Gasteiger partial charge >= 0.3 is 5.97 Å². The zero-order valence-corrected chi connectivity index (χ0v) is 11.3. The number of carbonyl (C=O) groups is 2. The first-order chi connectivity index (χ1) is 9.99. The number of benzene rings is 1. The van der Waals surface area contributed by atoms with E-state index in [9.17, 15) is 19.7 Å². The molecule has 0 bridgehead atoms. The second-order valence-electron chi connectivity index (χ2n) is 5.12. The van der Waals surface area contributed by atoms with Crippen LogP contribution in [0.15, 0.2) is 24.3 Å². The van der Waals surface area contributed by atoms with Gasteiger partial charge in [-0.05, 0) is 18.4 Å². The van der Waals surface area contributed by atoms with Gasteiger partial charge in [0.05, 0.1) is 16.8 Å². The summed E-state index contributed by atoms with van der Waals surface area (Å²) in [5.41, 5.74) is 0.727. The molecule has 1 aromatic carbocycles. The van der Waals surface area contributed by atoms with Gasteiger partial charge in [0.2, 0.25) is 5.91 Å². The van der Waals surface area contributed by atoms with Gasteiger partial charge in [0.25, 0.3) is 5.69 Å². The Hall–Kier alpha value is -2.44. The largest absolute Gasteiger partial charge is 0.481 e. The molecule has 0 heterocycles. The Bertz CT molecular complexity index is 555. The van der Waals surface area contributed by atoms with Crippen molar-refractivity contribution in [3.05, 3.63) is 39.9 Å². The maximum atomic E-state index is 12.0. The Balaban J connectivity index is 1.91. The highest BCUT2D eigenvalue weighted by Crippen LogP contribution is 2.32. The average Bonchev–Trinajstić information content (AvgIpc) is 2.95. The minimum Gasteiger partial charge on any atom is -0.481 e. The molecule has 2 unspecified atom stereocenters. The standard InChI is InChI=1S/C14H16N2O5/c17-13(11-2-1-3-12(11)14(18)19)15-8-9-4-6-10(7-5-9)16(20)21/h4-7,11-12H,1-3,8H2,(H,15,17)(H,18,19). The van der Waals surface area contributed by atoms with Gasteiger partial charge in [-0.1, -0.05) is 18.6 Å². The number of amides is 1. The molecule has 0 spiro atoms. The smallest absolute Gasteiger partial charge is 0.307 e. The predicted octanol–water partition coefficient (Wildman–Crippen LogP) is 1.71. The van der Waals surface area contributed by atoms with Crippen LogP contribution in [0.4, 0.5) is 5.69 Å².